The molecule has 5 nitrogen and oxygen atoms in total. The van der Waals surface area contributed by atoms with Crippen LogP contribution in [0.5, 0.6) is 0 Å². The molecule has 0 atom stereocenters. The summed E-state index contributed by atoms with van der Waals surface area (Å²) in [6.45, 7) is 1.24. The maximum absolute atomic E-state index is 10.7. The summed E-state index contributed by atoms with van der Waals surface area (Å²) in [6, 6.07) is 12.8. The van der Waals surface area contributed by atoms with E-state index in [4.69, 9.17) is 4.74 Å². The Morgan fingerprint density at radius 1 is 1.19 bits per heavy atom. The Balaban J connectivity index is 2.01. The highest BCUT2D eigenvalue weighted by molar-refractivity contribution is 9.10. The Hall–Kier alpha value is -1.92. The third kappa shape index (κ3) is 4.27. The molecule has 0 bridgehead atoms. The molecule has 0 radical (unpaired) electrons. The second-order valence-corrected chi connectivity index (χ2v) is 5.38. The zero-order valence-electron chi connectivity index (χ0n) is 11.5. The lowest BCUT2D eigenvalue weighted by Gasteiger charge is -2.09. The molecule has 0 saturated heterocycles. The number of nitro groups is 1. The molecule has 0 unspecified atom stereocenters. The predicted octanol–water partition coefficient (Wildman–Crippen LogP) is 4.12. The number of hydrogen-bond donors (Lipinski definition) is 1. The highest BCUT2D eigenvalue weighted by Crippen LogP contribution is 2.27. The first-order valence-corrected chi connectivity index (χ1v) is 7.14. The van der Waals surface area contributed by atoms with Gasteiger partial charge in [0.25, 0.3) is 5.69 Å². The van der Waals surface area contributed by atoms with Gasteiger partial charge in [0, 0.05) is 35.9 Å². The van der Waals surface area contributed by atoms with Crippen molar-refractivity contribution in [2.75, 3.05) is 12.4 Å². The van der Waals surface area contributed by atoms with Gasteiger partial charge in [0.1, 0.15) is 0 Å². The second-order valence-electron chi connectivity index (χ2n) is 4.52. The third-order valence-electron chi connectivity index (χ3n) is 2.98. The van der Waals surface area contributed by atoms with Crippen molar-refractivity contribution in [2.45, 2.75) is 13.2 Å². The van der Waals surface area contributed by atoms with E-state index in [1.807, 2.05) is 24.3 Å². The van der Waals surface area contributed by atoms with Crippen molar-refractivity contribution in [3.05, 3.63) is 68.2 Å². The molecule has 21 heavy (non-hydrogen) atoms. The van der Waals surface area contributed by atoms with E-state index in [1.165, 1.54) is 12.1 Å². The fourth-order valence-corrected chi connectivity index (χ4v) is 2.39. The number of nitrogens with zero attached hydrogens (tertiary/aromatic N) is 1. The SMILES string of the molecule is COCc1ccc(CNc2ccc([N+](=O)[O-])cc2Br)cc1. The molecule has 1 N–H and O–H groups in total. The minimum Gasteiger partial charge on any atom is -0.380 e. The Bertz CT molecular complexity index is 629. The number of benzene rings is 2. The number of methoxy groups -OCH3 is 1. The average Bonchev–Trinajstić information content (AvgIpc) is 2.47. The van der Waals surface area contributed by atoms with Gasteiger partial charge in [0.05, 0.1) is 11.5 Å². The summed E-state index contributed by atoms with van der Waals surface area (Å²) >= 11 is 3.34. The molecule has 2 aromatic rings. The number of anilines is 1. The Labute approximate surface area is 131 Å². The molecule has 6 heteroatoms. The van der Waals surface area contributed by atoms with Gasteiger partial charge in [0.2, 0.25) is 0 Å². The third-order valence-corrected chi connectivity index (χ3v) is 3.64. The van der Waals surface area contributed by atoms with E-state index in [-0.39, 0.29) is 5.69 Å². The van der Waals surface area contributed by atoms with Crippen molar-refractivity contribution in [1.82, 2.24) is 0 Å². The molecule has 0 aliphatic heterocycles. The number of nitrogens with one attached hydrogen (secondary N) is 1. The topological polar surface area (TPSA) is 64.4 Å². The lowest BCUT2D eigenvalue weighted by Crippen LogP contribution is -2.01. The van der Waals surface area contributed by atoms with Gasteiger partial charge in [-0.15, -0.1) is 0 Å². The van der Waals surface area contributed by atoms with E-state index >= 15 is 0 Å². The van der Waals surface area contributed by atoms with Crippen LogP contribution in [0.1, 0.15) is 11.1 Å². The van der Waals surface area contributed by atoms with E-state index in [9.17, 15) is 10.1 Å². The van der Waals surface area contributed by atoms with Crippen molar-refractivity contribution in [1.29, 1.82) is 0 Å². The van der Waals surface area contributed by atoms with E-state index in [1.54, 1.807) is 13.2 Å². The van der Waals surface area contributed by atoms with Crippen molar-refractivity contribution < 1.29 is 9.66 Å². The van der Waals surface area contributed by atoms with Crippen LogP contribution >= 0.6 is 15.9 Å². The Morgan fingerprint density at radius 2 is 1.86 bits per heavy atom. The van der Waals surface area contributed by atoms with Gasteiger partial charge in [0.15, 0.2) is 0 Å². The van der Waals surface area contributed by atoms with Gasteiger partial charge in [-0.25, -0.2) is 0 Å². The number of rotatable bonds is 6. The molecular weight excluding hydrogens is 336 g/mol. The first kappa shape index (κ1) is 15.5. The Morgan fingerprint density at radius 3 is 2.43 bits per heavy atom. The van der Waals surface area contributed by atoms with Crippen LogP contribution in [-0.2, 0) is 17.9 Å². The lowest BCUT2D eigenvalue weighted by atomic mass is 10.1. The summed E-state index contributed by atoms with van der Waals surface area (Å²) in [5, 5.41) is 13.9. The molecular formula is C15H15BrN2O3. The molecule has 0 amide bonds. The van der Waals surface area contributed by atoms with Crippen molar-refractivity contribution in [2.24, 2.45) is 0 Å². The highest BCUT2D eigenvalue weighted by Gasteiger charge is 2.08. The first-order chi connectivity index (χ1) is 10.1. The predicted molar refractivity (Wildman–Crippen MR) is 85.3 cm³/mol. The largest absolute Gasteiger partial charge is 0.380 e. The quantitative estimate of drug-likeness (QED) is 0.628. The molecule has 0 saturated carbocycles. The van der Waals surface area contributed by atoms with Gasteiger partial charge >= 0.3 is 0 Å². The summed E-state index contributed by atoms with van der Waals surface area (Å²) < 4.78 is 5.74. The smallest absolute Gasteiger partial charge is 0.270 e. The highest BCUT2D eigenvalue weighted by atomic mass is 79.9. The van der Waals surface area contributed by atoms with Gasteiger partial charge < -0.3 is 10.1 Å². The molecule has 0 aromatic heterocycles. The van der Waals surface area contributed by atoms with E-state index in [2.05, 4.69) is 21.2 Å². The number of ether oxygens (including phenoxy) is 1. The number of halogens is 1. The van der Waals surface area contributed by atoms with Crippen LogP contribution in [0, 0.1) is 10.1 Å². The number of hydrogen-bond acceptors (Lipinski definition) is 4. The fraction of sp³-hybridized carbons (Fsp3) is 0.200. The van der Waals surface area contributed by atoms with E-state index in [0.29, 0.717) is 17.6 Å². The molecule has 0 fully saturated rings. The number of non-ortho nitro benzene ring substituents is 1. The Kier molecular flexibility index (Phi) is 5.30. The van der Waals surface area contributed by atoms with Crippen LogP contribution in [0.2, 0.25) is 0 Å². The lowest BCUT2D eigenvalue weighted by molar-refractivity contribution is -0.384. The van der Waals surface area contributed by atoms with Gasteiger partial charge in [-0.3, -0.25) is 10.1 Å². The molecule has 2 rings (SSSR count). The zero-order chi connectivity index (χ0) is 15.2. The van der Waals surface area contributed by atoms with Gasteiger partial charge in [-0.05, 0) is 33.1 Å². The van der Waals surface area contributed by atoms with E-state index in [0.717, 1.165) is 16.8 Å². The van der Waals surface area contributed by atoms with Crippen molar-refractivity contribution in [3.8, 4) is 0 Å². The monoisotopic (exact) mass is 350 g/mol. The van der Waals surface area contributed by atoms with Crippen molar-refractivity contribution in [3.63, 3.8) is 0 Å². The second kappa shape index (κ2) is 7.19. The van der Waals surface area contributed by atoms with Crippen LogP contribution in [0.15, 0.2) is 46.9 Å². The molecule has 0 spiro atoms. The average molecular weight is 351 g/mol. The maximum atomic E-state index is 10.7. The normalized spacial score (nSPS) is 10.4. The standard InChI is InChI=1S/C15H15BrN2O3/c1-21-10-12-4-2-11(3-5-12)9-17-15-7-6-13(18(19)20)8-14(15)16/h2-8,17H,9-10H2,1H3. The van der Waals surface area contributed by atoms with Crippen LogP contribution in [0.3, 0.4) is 0 Å². The maximum Gasteiger partial charge on any atom is 0.270 e. The fourth-order valence-electron chi connectivity index (χ4n) is 1.88. The zero-order valence-corrected chi connectivity index (χ0v) is 13.1. The molecule has 0 aliphatic carbocycles. The van der Waals surface area contributed by atoms with Crippen LogP contribution in [0.4, 0.5) is 11.4 Å². The van der Waals surface area contributed by atoms with Gasteiger partial charge in [-0.1, -0.05) is 24.3 Å². The first-order valence-electron chi connectivity index (χ1n) is 6.34. The van der Waals surface area contributed by atoms with Crippen LogP contribution in [-0.4, -0.2) is 12.0 Å². The van der Waals surface area contributed by atoms with Crippen molar-refractivity contribution >= 4 is 27.3 Å². The molecule has 110 valence electrons. The minimum absolute atomic E-state index is 0.0661. The minimum atomic E-state index is -0.414. The summed E-state index contributed by atoms with van der Waals surface area (Å²) in [5.41, 5.74) is 3.13. The number of nitro benzene ring substituents is 1. The summed E-state index contributed by atoms with van der Waals surface area (Å²) in [5.74, 6) is 0. The summed E-state index contributed by atoms with van der Waals surface area (Å²) in [4.78, 5) is 10.3. The van der Waals surface area contributed by atoms with Gasteiger partial charge in [-0.2, -0.15) is 0 Å². The molecule has 0 aliphatic rings. The molecule has 0 heterocycles. The summed E-state index contributed by atoms with van der Waals surface area (Å²) in [6.07, 6.45) is 0. The van der Waals surface area contributed by atoms with Crippen LogP contribution < -0.4 is 5.32 Å². The van der Waals surface area contributed by atoms with E-state index < -0.39 is 4.92 Å². The molecule has 2 aromatic carbocycles. The summed E-state index contributed by atoms with van der Waals surface area (Å²) in [7, 11) is 1.67. The van der Waals surface area contributed by atoms with Crippen LogP contribution in [0.25, 0.3) is 0 Å².